The second-order valence-corrected chi connectivity index (χ2v) is 3.64. The van der Waals surface area contributed by atoms with Crippen LogP contribution in [-0.4, -0.2) is 22.1 Å². The predicted molar refractivity (Wildman–Crippen MR) is 62.2 cm³/mol. The molecule has 3 N–H and O–H groups in total. The zero-order chi connectivity index (χ0) is 11.4. The number of hydrogen-bond donors (Lipinski definition) is 3. The van der Waals surface area contributed by atoms with Crippen molar-refractivity contribution in [2.24, 2.45) is 0 Å². The first-order valence-electron chi connectivity index (χ1n) is 5.24. The lowest BCUT2D eigenvalue weighted by molar-refractivity contribution is 0.451. The molecule has 0 fully saturated rings. The van der Waals surface area contributed by atoms with Gasteiger partial charge in [0.2, 0.25) is 0 Å². The highest BCUT2D eigenvalue weighted by atomic mass is 16.3. The largest absolute Gasteiger partial charge is 0.508 e. The minimum Gasteiger partial charge on any atom is -0.508 e. The minimum absolute atomic E-state index is 0.0624. The van der Waals surface area contributed by atoms with Crippen molar-refractivity contribution in [3.63, 3.8) is 0 Å². The normalized spacial score (nSPS) is 12.6. The Labute approximate surface area is 94.4 Å². The van der Waals surface area contributed by atoms with Crippen molar-refractivity contribution in [1.82, 2.24) is 15.3 Å². The highest BCUT2D eigenvalue weighted by Crippen LogP contribution is 2.25. The molecule has 0 aliphatic rings. The lowest BCUT2D eigenvalue weighted by Crippen LogP contribution is -2.19. The van der Waals surface area contributed by atoms with Crippen LogP contribution in [0.25, 0.3) is 0 Å². The molecule has 1 aromatic carbocycles. The van der Waals surface area contributed by atoms with Crippen LogP contribution in [-0.2, 0) is 6.42 Å². The zero-order valence-electron chi connectivity index (χ0n) is 9.14. The number of nitrogens with one attached hydrogen (secondary N) is 2. The Morgan fingerprint density at radius 3 is 2.88 bits per heavy atom. The summed E-state index contributed by atoms with van der Waals surface area (Å²) in [4.78, 5) is 7.24. The first-order chi connectivity index (χ1) is 7.81. The molecule has 0 amide bonds. The summed E-state index contributed by atoms with van der Waals surface area (Å²) in [6.45, 7) is 0. The lowest BCUT2D eigenvalue weighted by Gasteiger charge is -2.16. The van der Waals surface area contributed by atoms with E-state index < -0.39 is 0 Å². The maximum atomic E-state index is 9.77. The van der Waals surface area contributed by atoms with E-state index in [4.69, 9.17) is 0 Å². The third-order valence-corrected chi connectivity index (χ3v) is 2.61. The van der Waals surface area contributed by atoms with Gasteiger partial charge in [-0.3, -0.25) is 0 Å². The van der Waals surface area contributed by atoms with Crippen LogP contribution in [0.1, 0.15) is 17.4 Å². The molecule has 1 heterocycles. The van der Waals surface area contributed by atoms with Gasteiger partial charge in [-0.25, -0.2) is 4.98 Å². The molecule has 0 unspecified atom stereocenters. The average molecular weight is 217 g/mol. The van der Waals surface area contributed by atoms with Crippen LogP contribution in [0.15, 0.2) is 36.7 Å². The molecule has 0 aliphatic carbocycles. The Balaban J connectivity index is 2.20. The number of imidazole rings is 1. The summed E-state index contributed by atoms with van der Waals surface area (Å²) in [7, 11) is 1.88. The van der Waals surface area contributed by atoms with Gasteiger partial charge in [-0.1, -0.05) is 18.2 Å². The van der Waals surface area contributed by atoms with Crippen LogP contribution in [0, 0.1) is 0 Å². The highest BCUT2D eigenvalue weighted by molar-refractivity contribution is 5.34. The van der Waals surface area contributed by atoms with Crippen LogP contribution in [0.3, 0.4) is 0 Å². The molecular formula is C12H15N3O. The van der Waals surface area contributed by atoms with Crippen molar-refractivity contribution >= 4 is 0 Å². The fraction of sp³-hybridized carbons (Fsp3) is 0.250. The molecule has 2 aromatic rings. The van der Waals surface area contributed by atoms with E-state index in [0.29, 0.717) is 5.75 Å². The Hall–Kier alpha value is -1.81. The van der Waals surface area contributed by atoms with E-state index in [1.807, 2.05) is 25.2 Å². The summed E-state index contributed by atoms with van der Waals surface area (Å²) in [6, 6.07) is 7.41. The van der Waals surface area contributed by atoms with Gasteiger partial charge in [-0.05, 0) is 13.1 Å². The third kappa shape index (κ3) is 2.23. The van der Waals surface area contributed by atoms with Crippen molar-refractivity contribution in [2.45, 2.75) is 12.5 Å². The number of aromatic nitrogens is 2. The predicted octanol–water partition coefficient (Wildman–Crippen LogP) is 1.62. The molecule has 0 aliphatic heterocycles. The standard InChI is InChI=1S/C12H15N3O/c1-13-10(8-12-14-6-7-15-12)9-4-2-3-5-11(9)16/h2-7,10,13,16H,8H2,1H3,(H,14,15)/t10-/m1/s1. The Morgan fingerprint density at radius 1 is 1.44 bits per heavy atom. The Morgan fingerprint density at radius 2 is 2.25 bits per heavy atom. The van der Waals surface area contributed by atoms with Gasteiger partial charge in [0, 0.05) is 30.4 Å². The number of H-pyrrole nitrogens is 1. The second kappa shape index (κ2) is 4.81. The van der Waals surface area contributed by atoms with Crippen LogP contribution < -0.4 is 5.32 Å². The van der Waals surface area contributed by atoms with Crippen LogP contribution >= 0.6 is 0 Å². The maximum Gasteiger partial charge on any atom is 0.120 e. The lowest BCUT2D eigenvalue weighted by atomic mass is 10.0. The summed E-state index contributed by atoms with van der Waals surface area (Å²) in [5, 5.41) is 12.9. The summed E-state index contributed by atoms with van der Waals surface area (Å²) in [5.74, 6) is 1.22. The van der Waals surface area contributed by atoms with Crippen molar-refractivity contribution in [2.75, 3.05) is 7.05 Å². The molecule has 0 saturated carbocycles. The van der Waals surface area contributed by atoms with E-state index >= 15 is 0 Å². The topological polar surface area (TPSA) is 60.9 Å². The van der Waals surface area contributed by atoms with Gasteiger partial charge in [0.25, 0.3) is 0 Å². The summed E-state index contributed by atoms with van der Waals surface area (Å²) >= 11 is 0. The van der Waals surface area contributed by atoms with Gasteiger partial charge < -0.3 is 15.4 Å². The molecule has 1 atom stereocenters. The number of nitrogens with zero attached hydrogens (tertiary/aromatic N) is 1. The first-order valence-corrected chi connectivity index (χ1v) is 5.24. The van der Waals surface area contributed by atoms with Gasteiger partial charge in [0.05, 0.1) is 0 Å². The van der Waals surface area contributed by atoms with Crippen LogP contribution in [0.2, 0.25) is 0 Å². The monoisotopic (exact) mass is 217 g/mol. The van der Waals surface area contributed by atoms with Gasteiger partial charge >= 0.3 is 0 Å². The molecule has 16 heavy (non-hydrogen) atoms. The fourth-order valence-electron chi connectivity index (χ4n) is 1.75. The van der Waals surface area contributed by atoms with Crippen molar-refractivity contribution < 1.29 is 5.11 Å². The second-order valence-electron chi connectivity index (χ2n) is 3.64. The molecule has 4 nitrogen and oxygen atoms in total. The molecule has 4 heteroatoms. The van der Waals surface area contributed by atoms with Gasteiger partial charge in [0.1, 0.15) is 11.6 Å². The van der Waals surface area contributed by atoms with Gasteiger partial charge in [-0.15, -0.1) is 0 Å². The van der Waals surface area contributed by atoms with Crippen molar-refractivity contribution in [1.29, 1.82) is 0 Å². The van der Waals surface area contributed by atoms with E-state index in [2.05, 4.69) is 15.3 Å². The third-order valence-electron chi connectivity index (χ3n) is 2.61. The maximum absolute atomic E-state index is 9.77. The van der Waals surface area contributed by atoms with E-state index in [0.717, 1.165) is 17.8 Å². The number of aromatic amines is 1. The molecular weight excluding hydrogens is 202 g/mol. The molecule has 0 radical (unpaired) electrons. The SMILES string of the molecule is CN[C@H](Cc1ncc[nH]1)c1ccccc1O. The number of aromatic hydroxyl groups is 1. The number of phenols is 1. The van der Waals surface area contributed by atoms with E-state index in [1.54, 1.807) is 18.5 Å². The fourth-order valence-corrected chi connectivity index (χ4v) is 1.75. The Kier molecular flexibility index (Phi) is 3.22. The summed E-state index contributed by atoms with van der Waals surface area (Å²) in [5.41, 5.74) is 0.890. The van der Waals surface area contributed by atoms with Gasteiger partial charge in [0.15, 0.2) is 0 Å². The molecule has 2 rings (SSSR count). The molecule has 0 saturated heterocycles. The van der Waals surface area contributed by atoms with Crippen LogP contribution in [0.4, 0.5) is 0 Å². The van der Waals surface area contributed by atoms with E-state index in [-0.39, 0.29) is 6.04 Å². The Bertz CT molecular complexity index is 439. The molecule has 84 valence electrons. The molecule has 0 bridgehead atoms. The van der Waals surface area contributed by atoms with Gasteiger partial charge in [-0.2, -0.15) is 0 Å². The number of likely N-dealkylation sites (N-methyl/N-ethyl adjacent to an activating group) is 1. The highest BCUT2D eigenvalue weighted by Gasteiger charge is 2.14. The van der Waals surface area contributed by atoms with Crippen molar-refractivity contribution in [3.05, 3.63) is 48.0 Å². The minimum atomic E-state index is 0.0624. The average Bonchev–Trinajstić information content (AvgIpc) is 2.80. The first kappa shape index (κ1) is 10.7. The van der Waals surface area contributed by atoms with Crippen molar-refractivity contribution in [3.8, 4) is 5.75 Å². The number of hydrogen-bond acceptors (Lipinski definition) is 3. The smallest absolute Gasteiger partial charge is 0.120 e. The van der Waals surface area contributed by atoms with Crippen LogP contribution in [0.5, 0.6) is 5.75 Å². The number of rotatable bonds is 4. The molecule has 0 spiro atoms. The number of para-hydroxylation sites is 1. The summed E-state index contributed by atoms with van der Waals surface area (Å²) < 4.78 is 0. The quantitative estimate of drug-likeness (QED) is 0.729. The van der Waals surface area contributed by atoms with E-state index in [9.17, 15) is 5.11 Å². The number of benzene rings is 1. The number of phenolic OH excluding ortho intramolecular Hbond substituents is 1. The van der Waals surface area contributed by atoms with E-state index in [1.165, 1.54) is 0 Å². The molecule has 1 aromatic heterocycles. The zero-order valence-corrected chi connectivity index (χ0v) is 9.14. The summed E-state index contributed by atoms with van der Waals surface area (Å²) in [6.07, 6.45) is 4.25.